The van der Waals surface area contributed by atoms with Crippen LogP contribution in [0.3, 0.4) is 0 Å². The number of rotatable bonds is 3. The molecule has 3 rings (SSSR count). The number of H-pyrrole nitrogens is 2. The predicted molar refractivity (Wildman–Crippen MR) is 61.8 cm³/mol. The van der Waals surface area contributed by atoms with E-state index in [1.54, 1.807) is 6.07 Å². The van der Waals surface area contributed by atoms with Crippen molar-refractivity contribution in [3.05, 3.63) is 29.2 Å². The molecule has 6 nitrogen and oxygen atoms in total. The number of hydrogen-bond donors (Lipinski definition) is 3. The Hall–Kier alpha value is -2.11. The van der Waals surface area contributed by atoms with Crippen molar-refractivity contribution in [1.29, 1.82) is 0 Å². The van der Waals surface area contributed by atoms with E-state index in [0.29, 0.717) is 17.4 Å². The third-order valence-corrected chi connectivity index (χ3v) is 2.80. The number of nitrogens with one attached hydrogen (secondary N) is 3. The molecule has 2 heterocycles. The molecule has 88 valence electrons. The van der Waals surface area contributed by atoms with Gasteiger partial charge in [-0.2, -0.15) is 10.2 Å². The zero-order valence-electron chi connectivity index (χ0n) is 9.45. The summed E-state index contributed by atoms with van der Waals surface area (Å²) in [5.41, 5.74) is 2.36. The number of anilines is 1. The van der Waals surface area contributed by atoms with Gasteiger partial charge in [-0.3, -0.25) is 15.0 Å². The van der Waals surface area contributed by atoms with Crippen molar-refractivity contribution in [3.8, 4) is 0 Å². The topological polar surface area (TPSA) is 86.5 Å². The zero-order chi connectivity index (χ0) is 11.8. The van der Waals surface area contributed by atoms with Crippen molar-refractivity contribution in [3.63, 3.8) is 0 Å². The monoisotopic (exact) mass is 231 g/mol. The van der Waals surface area contributed by atoms with Crippen molar-refractivity contribution in [2.75, 3.05) is 5.32 Å². The molecule has 0 spiro atoms. The molecule has 2 aromatic heterocycles. The lowest BCUT2D eigenvalue weighted by Crippen LogP contribution is -2.12. The number of amides is 1. The van der Waals surface area contributed by atoms with Crippen LogP contribution in [0.4, 0.5) is 5.82 Å². The van der Waals surface area contributed by atoms with E-state index >= 15 is 0 Å². The molecule has 0 bridgehead atoms. The van der Waals surface area contributed by atoms with E-state index in [1.165, 1.54) is 12.8 Å². The second kappa shape index (κ2) is 3.73. The van der Waals surface area contributed by atoms with E-state index in [4.69, 9.17) is 0 Å². The van der Waals surface area contributed by atoms with Gasteiger partial charge in [0.1, 0.15) is 0 Å². The highest BCUT2D eigenvalue weighted by molar-refractivity contribution is 6.02. The summed E-state index contributed by atoms with van der Waals surface area (Å²) in [6.07, 6.45) is 2.36. The smallest absolute Gasteiger partial charge is 0.277 e. The van der Waals surface area contributed by atoms with Gasteiger partial charge in [-0.25, -0.2) is 0 Å². The lowest BCUT2D eigenvalue weighted by molar-refractivity contribution is 0.102. The predicted octanol–water partition coefficient (Wildman–Crippen LogP) is 1.57. The SMILES string of the molecule is Cc1cc(NC(=O)c2cc(C3CC3)[nH]n2)n[nH]1. The lowest BCUT2D eigenvalue weighted by atomic mass is 10.2. The summed E-state index contributed by atoms with van der Waals surface area (Å²) in [5.74, 6) is 0.847. The Morgan fingerprint density at radius 2 is 2.18 bits per heavy atom. The fourth-order valence-corrected chi connectivity index (χ4v) is 1.72. The molecule has 2 aromatic rings. The van der Waals surface area contributed by atoms with E-state index in [1.807, 2.05) is 13.0 Å². The van der Waals surface area contributed by atoms with Gasteiger partial charge in [0.15, 0.2) is 11.5 Å². The quantitative estimate of drug-likeness (QED) is 0.749. The number of aromatic amines is 2. The summed E-state index contributed by atoms with van der Waals surface area (Å²) in [4.78, 5) is 11.8. The van der Waals surface area contributed by atoms with Gasteiger partial charge in [0.25, 0.3) is 5.91 Å². The molecule has 0 saturated heterocycles. The van der Waals surface area contributed by atoms with Gasteiger partial charge in [0.2, 0.25) is 0 Å². The Morgan fingerprint density at radius 1 is 1.35 bits per heavy atom. The number of carbonyl (C=O) groups is 1. The van der Waals surface area contributed by atoms with Crippen molar-refractivity contribution in [2.24, 2.45) is 0 Å². The first-order valence-corrected chi connectivity index (χ1v) is 5.61. The molecule has 0 aliphatic heterocycles. The molecule has 1 aliphatic carbocycles. The fourth-order valence-electron chi connectivity index (χ4n) is 1.72. The van der Waals surface area contributed by atoms with Crippen LogP contribution in [0.1, 0.15) is 40.6 Å². The second-order valence-electron chi connectivity index (χ2n) is 4.37. The second-order valence-corrected chi connectivity index (χ2v) is 4.37. The summed E-state index contributed by atoms with van der Waals surface area (Å²) in [6, 6.07) is 3.58. The molecular formula is C11H13N5O. The van der Waals surface area contributed by atoms with Crippen LogP contribution >= 0.6 is 0 Å². The van der Waals surface area contributed by atoms with Crippen LogP contribution in [0, 0.1) is 6.92 Å². The first kappa shape index (κ1) is 10.1. The number of aromatic nitrogens is 4. The van der Waals surface area contributed by atoms with E-state index in [-0.39, 0.29) is 5.91 Å². The molecule has 1 aliphatic rings. The first-order chi connectivity index (χ1) is 8.22. The summed E-state index contributed by atoms with van der Waals surface area (Å²) in [6.45, 7) is 1.88. The molecule has 1 amide bonds. The number of carbonyl (C=O) groups excluding carboxylic acids is 1. The third kappa shape index (κ3) is 2.06. The largest absolute Gasteiger partial charge is 0.304 e. The van der Waals surface area contributed by atoms with E-state index in [9.17, 15) is 4.79 Å². The van der Waals surface area contributed by atoms with Gasteiger partial charge >= 0.3 is 0 Å². The summed E-state index contributed by atoms with van der Waals surface area (Å²) in [5, 5.41) is 16.3. The van der Waals surface area contributed by atoms with Crippen LogP contribution in [0.25, 0.3) is 0 Å². The van der Waals surface area contributed by atoms with Crippen LogP contribution in [0.15, 0.2) is 12.1 Å². The molecule has 1 fully saturated rings. The van der Waals surface area contributed by atoms with Crippen LogP contribution < -0.4 is 5.32 Å². The minimum atomic E-state index is -0.236. The third-order valence-electron chi connectivity index (χ3n) is 2.80. The summed E-state index contributed by atoms with van der Waals surface area (Å²) in [7, 11) is 0. The van der Waals surface area contributed by atoms with E-state index < -0.39 is 0 Å². The lowest BCUT2D eigenvalue weighted by Gasteiger charge is -1.96. The molecule has 6 heteroatoms. The highest BCUT2D eigenvalue weighted by Crippen LogP contribution is 2.38. The summed E-state index contributed by atoms with van der Waals surface area (Å²) >= 11 is 0. The van der Waals surface area contributed by atoms with Crippen molar-refractivity contribution in [1.82, 2.24) is 20.4 Å². The average molecular weight is 231 g/mol. The molecule has 1 saturated carbocycles. The maximum Gasteiger partial charge on any atom is 0.277 e. The number of nitrogens with zero attached hydrogens (tertiary/aromatic N) is 2. The molecule has 0 radical (unpaired) electrons. The van der Waals surface area contributed by atoms with Gasteiger partial charge in [-0.15, -0.1) is 0 Å². The summed E-state index contributed by atoms with van der Waals surface area (Å²) < 4.78 is 0. The van der Waals surface area contributed by atoms with Crippen LogP contribution in [0.5, 0.6) is 0 Å². The minimum Gasteiger partial charge on any atom is -0.304 e. The van der Waals surface area contributed by atoms with E-state index in [2.05, 4.69) is 25.7 Å². The van der Waals surface area contributed by atoms with Crippen LogP contribution in [-0.4, -0.2) is 26.3 Å². The minimum absolute atomic E-state index is 0.236. The molecule has 3 N–H and O–H groups in total. The molecule has 17 heavy (non-hydrogen) atoms. The van der Waals surface area contributed by atoms with Crippen molar-refractivity contribution < 1.29 is 4.79 Å². The standard InChI is InChI=1S/C11H13N5O/c1-6-4-10(16-13-6)12-11(17)9-5-8(14-15-9)7-2-3-7/h4-5,7H,2-3H2,1H3,(H,14,15)(H2,12,13,16,17). The maximum atomic E-state index is 11.8. The van der Waals surface area contributed by atoms with Crippen molar-refractivity contribution >= 4 is 11.7 Å². The first-order valence-electron chi connectivity index (χ1n) is 5.61. The van der Waals surface area contributed by atoms with Gasteiger partial charge in [0.05, 0.1) is 0 Å². The Bertz CT molecular complexity index is 552. The molecular weight excluding hydrogens is 218 g/mol. The van der Waals surface area contributed by atoms with Gasteiger partial charge in [0, 0.05) is 23.4 Å². The highest BCUT2D eigenvalue weighted by atomic mass is 16.2. The van der Waals surface area contributed by atoms with Crippen molar-refractivity contribution in [2.45, 2.75) is 25.7 Å². The molecule has 0 aromatic carbocycles. The van der Waals surface area contributed by atoms with Gasteiger partial charge in [-0.05, 0) is 25.8 Å². The molecule has 0 unspecified atom stereocenters. The fraction of sp³-hybridized carbons (Fsp3) is 0.364. The van der Waals surface area contributed by atoms with Gasteiger partial charge < -0.3 is 5.32 Å². The maximum absolute atomic E-state index is 11.8. The number of aryl methyl sites for hydroxylation is 1. The Morgan fingerprint density at radius 3 is 2.82 bits per heavy atom. The number of hydrogen-bond acceptors (Lipinski definition) is 3. The highest BCUT2D eigenvalue weighted by Gasteiger charge is 2.26. The Kier molecular flexibility index (Phi) is 2.21. The Balaban J connectivity index is 1.72. The average Bonchev–Trinajstić information content (AvgIpc) is 2.88. The molecule has 0 atom stereocenters. The van der Waals surface area contributed by atoms with Gasteiger partial charge in [-0.1, -0.05) is 0 Å². The normalized spacial score (nSPS) is 14.9. The zero-order valence-corrected chi connectivity index (χ0v) is 9.45. The van der Waals surface area contributed by atoms with Crippen LogP contribution in [0.2, 0.25) is 0 Å². The van der Waals surface area contributed by atoms with Crippen LogP contribution in [-0.2, 0) is 0 Å². The Labute approximate surface area is 97.8 Å². The van der Waals surface area contributed by atoms with E-state index in [0.717, 1.165) is 11.4 Å².